The fourth-order valence-corrected chi connectivity index (χ4v) is 2.61. The number of rotatable bonds is 2. The Kier molecular flexibility index (Phi) is 3.71. The molecule has 0 aliphatic carbocycles. The summed E-state index contributed by atoms with van der Waals surface area (Å²) in [5.74, 6) is -0.981. The summed E-state index contributed by atoms with van der Waals surface area (Å²) in [6.45, 7) is 5.17. The third kappa shape index (κ3) is 3.41. The zero-order chi connectivity index (χ0) is 14.0. The molecule has 0 bridgehead atoms. The van der Waals surface area contributed by atoms with E-state index in [2.05, 4.69) is 0 Å². The van der Waals surface area contributed by atoms with E-state index < -0.39 is 17.4 Å². The predicted octanol–water partition coefficient (Wildman–Crippen LogP) is 3.56. The van der Waals surface area contributed by atoms with Gasteiger partial charge in [0.05, 0.1) is 11.8 Å². The molecule has 1 aromatic heterocycles. The number of esters is 2. The van der Waals surface area contributed by atoms with Gasteiger partial charge in [0.1, 0.15) is 0 Å². The van der Waals surface area contributed by atoms with Crippen molar-refractivity contribution in [3.05, 3.63) is 35.2 Å². The van der Waals surface area contributed by atoms with Gasteiger partial charge in [-0.3, -0.25) is 9.59 Å². The van der Waals surface area contributed by atoms with Gasteiger partial charge in [0.15, 0.2) is 0 Å². The number of carbonyl (C=O) groups is 2. The van der Waals surface area contributed by atoms with Crippen LogP contribution in [0.25, 0.3) is 10.1 Å². The summed E-state index contributed by atoms with van der Waals surface area (Å²) in [5.41, 5.74) is -0.657. The van der Waals surface area contributed by atoms with Crippen LogP contribution in [-0.4, -0.2) is 11.9 Å². The zero-order valence-corrected chi connectivity index (χ0v) is 12.0. The molecule has 0 atom stereocenters. The average molecular weight is 276 g/mol. The van der Waals surface area contributed by atoms with Gasteiger partial charge in [0.2, 0.25) is 0 Å². The van der Waals surface area contributed by atoms with Gasteiger partial charge in [-0.15, -0.1) is 11.3 Å². The van der Waals surface area contributed by atoms with Crippen LogP contribution in [0.1, 0.15) is 25.6 Å². The molecule has 0 aliphatic rings. The maximum atomic E-state index is 11.7. The van der Waals surface area contributed by atoms with Crippen LogP contribution in [0.3, 0.4) is 0 Å². The Morgan fingerprint density at radius 1 is 1.21 bits per heavy atom. The van der Waals surface area contributed by atoms with E-state index in [1.54, 1.807) is 32.1 Å². The molecule has 4 heteroatoms. The smallest absolute Gasteiger partial charge is 0.318 e. The van der Waals surface area contributed by atoms with Crippen LogP contribution < -0.4 is 0 Å². The molecule has 0 aliphatic heterocycles. The van der Waals surface area contributed by atoms with E-state index in [1.165, 1.54) is 0 Å². The van der Waals surface area contributed by atoms with Gasteiger partial charge in [-0.25, -0.2) is 0 Å². The SMILES string of the molecule is CC(C)(C)C(=O)OC(=O)Cc1cc2ccccc2s1. The monoisotopic (exact) mass is 276 g/mol. The molecule has 0 amide bonds. The van der Waals surface area contributed by atoms with Crippen LogP contribution in [0.15, 0.2) is 30.3 Å². The Morgan fingerprint density at radius 2 is 1.89 bits per heavy atom. The summed E-state index contributed by atoms with van der Waals surface area (Å²) in [7, 11) is 0. The van der Waals surface area contributed by atoms with Crippen molar-refractivity contribution in [2.45, 2.75) is 27.2 Å². The lowest BCUT2D eigenvalue weighted by molar-refractivity contribution is -0.165. The standard InChI is InChI=1S/C15H16O3S/c1-15(2,3)14(17)18-13(16)9-11-8-10-6-4-5-7-12(10)19-11/h4-8H,9H2,1-3H3. The molecule has 3 nitrogen and oxygen atoms in total. The summed E-state index contributed by atoms with van der Waals surface area (Å²) in [5, 5.41) is 1.11. The van der Waals surface area contributed by atoms with Crippen LogP contribution in [0.5, 0.6) is 0 Å². The molecule has 2 rings (SSSR count). The quantitative estimate of drug-likeness (QED) is 0.622. The second-order valence-corrected chi connectivity index (χ2v) is 6.61. The highest BCUT2D eigenvalue weighted by Crippen LogP contribution is 2.26. The Hall–Kier alpha value is -1.68. The second kappa shape index (κ2) is 5.13. The van der Waals surface area contributed by atoms with E-state index in [0.29, 0.717) is 0 Å². The van der Waals surface area contributed by atoms with Gasteiger partial charge >= 0.3 is 11.9 Å². The van der Waals surface area contributed by atoms with Crippen LogP contribution in [0.2, 0.25) is 0 Å². The molecule has 0 fully saturated rings. The summed E-state index contributed by atoms with van der Waals surface area (Å²) < 4.78 is 5.98. The number of thiophene rings is 1. The van der Waals surface area contributed by atoms with E-state index in [0.717, 1.165) is 15.0 Å². The maximum Gasteiger partial charge on any atom is 0.318 e. The van der Waals surface area contributed by atoms with E-state index in [1.807, 2.05) is 30.3 Å². The van der Waals surface area contributed by atoms with Gasteiger partial charge in [-0.2, -0.15) is 0 Å². The van der Waals surface area contributed by atoms with Crippen molar-refractivity contribution in [2.24, 2.45) is 5.41 Å². The Morgan fingerprint density at radius 3 is 2.53 bits per heavy atom. The first kappa shape index (κ1) is 13.7. The molecule has 0 saturated heterocycles. The highest BCUT2D eigenvalue weighted by atomic mass is 32.1. The summed E-state index contributed by atoms with van der Waals surface area (Å²) in [4.78, 5) is 24.2. The van der Waals surface area contributed by atoms with Gasteiger partial charge in [-0.1, -0.05) is 18.2 Å². The van der Waals surface area contributed by atoms with Crippen molar-refractivity contribution >= 4 is 33.4 Å². The molecular formula is C15H16O3S. The van der Waals surface area contributed by atoms with Gasteiger partial charge in [0.25, 0.3) is 0 Å². The molecule has 0 saturated carbocycles. The van der Waals surface area contributed by atoms with Crippen molar-refractivity contribution in [1.29, 1.82) is 0 Å². The topological polar surface area (TPSA) is 43.4 Å². The molecule has 19 heavy (non-hydrogen) atoms. The highest BCUT2D eigenvalue weighted by Gasteiger charge is 2.25. The summed E-state index contributed by atoms with van der Waals surface area (Å²) in [6.07, 6.45) is 0.140. The Bertz CT molecular complexity index is 587. The van der Waals surface area contributed by atoms with E-state index in [9.17, 15) is 9.59 Å². The van der Waals surface area contributed by atoms with Crippen molar-refractivity contribution < 1.29 is 14.3 Å². The van der Waals surface area contributed by atoms with Crippen molar-refractivity contribution in [2.75, 3.05) is 0 Å². The van der Waals surface area contributed by atoms with E-state index in [-0.39, 0.29) is 6.42 Å². The lowest BCUT2D eigenvalue weighted by atomic mass is 9.97. The minimum Gasteiger partial charge on any atom is -0.392 e. The minimum atomic E-state index is -0.657. The Balaban J connectivity index is 2.05. The van der Waals surface area contributed by atoms with Crippen molar-refractivity contribution in [1.82, 2.24) is 0 Å². The average Bonchev–Trinajstić information content (AvgIpc) is 2.69. The second-order valence-electron chi connectivity index (χ2n) is 5.44. The normalized spacial score (nSPS) is 11.5. The lowest BCUT2D eigenvalue weighted by Gasteiger charge is -2.14. The molecule has 1 heterocycles. The number of hydrogen-bond donors (Lipinski definition) is 0. The molecule has 0 unspecified atom stereocenters. The van der Waals surface area contributed by atoms with Crippen LogP contribution >= 0.6 is 11.3 Å². The van der Waals surface area contributed by atoms with Gasteiger partial charge in [-0.05, 0) is 38.3 Å². The summed E-state index contributed by atoms with van der Waals surface area (Å²) in [6, 6.07) is 9.89. The third-order valence-electron chi connectivity index (χ3n) is 2.61. The largest absolute Gasteiger partial charge is 0.392 e. The summed E-state index contributed by atoms with van der Waals surface area (Å²) >= 11 is 1.55. The number of benzene rings is 1. The number of ether oxygens (including phenoxy) is 1. The first-order valence-corrected chi connectivity index (χ1v) is 6.90. The Labute approximate surface area is 116 Å². The first-order valence-electron chi connectivity index (χ1n) is 6.09. The van der Waals surface area contributed by atoms with E-state index >= 15 is 0 Å². The van der Waals surface area contributed by atoms with Crippen LogP contribution in [0.4, 0.5) is 0 Å². The maximum absolute atomic E-state index is 11.7. The first-order chi connectivity index (χ1) is 8.86. The lowest BCUT2D eigenvalue weighted by Crippen LogP contribution is -2.26. The molecule has 0 spiro atoms. The van der Waals surface area contributed by atoms with Crippen molar-refractivity contribution in [3.8, 4) is 0 Å². The fourth-order valence-electron chi connectivity index (χ4n) is 1.56. The highest BCUT2D eigenvalue weighted by molar-refractivity contribution is 7.19. The van der Waals surface area contributed by atoms with Crippen molar-refractivity contribution in [3.63, 3.8) is 0 Å². The zero-order valence-electron chi connectivity index (χ0n) is 11.2. The van der Waals surface area contributed by atoms with Crippen LogP contribution in [-0.2, 0) is 20.7 Å². The molecule has 2 aromatic rings. The van der Waals surface area contributed by atoms with Gasteiger partial charge < -0.3 is 4.74 Å². The number of hydrogen-bond acceptors (Lipinski definition) is 4. The number of carbonyl (C=O) groups excluding carboxylic acids is 2. The molecular weight excluding hydrogens is 260 g/mol. The van der Waals surface area contributed by atoms with E-state index in [4.69, 9.17) is 4.74 Å². The fraction of sp³-hybridized carbons (Fsp3) is 0.333. The minimum absolute atomic E-state index is 0.140. The predicted molar refractivity (Wildman–Crippen MR) is 76.1 cm³/mol. The molecule has 100 valence electrons. The third-order valence-corrected chi connectivity index (χ3v) is 3.73. The van der Waals surface area contributed by atoms with Gasteiger partial charge in [0, 0.05) is 9.58 Å². The molecule has 0 radical (unpaired) electrons. The van der Waals surface area contributed by atoms with Crippen LogP contribution in [0, 0.1) is 5.41 Å². The molecule has 1 aromatic carbocycles. The number of fused-ring (bicyclic) bond motifs is 1. The molecule has 0 N–H and O–H groups in total.